The summed E-state index contributed by atoms with van der Waals surface area (Å²) in [5.74, 6) is 0.991. The lowest BCUT2D eigenvalue weighted by Crippen LogP contribution is -2.59. The van der Waals surface area contributed by atoms with E-state index in [1.807, 2.05) is 37.9 Å². The molecule has 4 aliphatic rings. The molecule has 0 bridgehead atoms. The summed E-state index contributed by atoms with van der Waals surface area (Å²) in [6, 6.07) is 7.69. The number of benzene rings is 1. The van der Waals surface area contributed by atoms with Crippen molar-refractivity contribution in [2.75, 3.05) is 31.6 Å². The minimum atomic E-state index is -1.32. The lowest BCUT2D eigenvalue weighted by Gasteiger charge is -2.42. The number of carbonyl (C=O) groups is 2. The fraction of sp³-hybridized carbons (Fsp3) is 0.480. The number of hydrogen-bond acceptors (Lipinski definition) is 5. The van der Waals surface area contributed by atoms with Crippen molar-refractivity contribution in [3.63, 3.8) is 0 Å². The number of nitrogens with zero attached hydrogens (tertiary/aromatic N) is 4. The van der Waals surface area contributed by atoms with Crippen LogP contribution in [0.2, 0.25) is 0 Å². The van der Waals surface area contributed by atoms with Crippen LogP contribution in [0.1, 0.15) is 59.9 Å². The van der Waals surface area contributed by atoms with Gasteiger partial charge in [0.2, 0.25) is 0 Å². The van der Waals surface area contributed by atoms with Crippen LogP contribution in [0.4, 0.5) is 15.9 Å². The number of fused-ring (bicyclic) bond motifs is 3. The highest BCUT2D eigenvalue weighted by Gasteiger charge is 2.56. The average Bonchev–Trinajstić information content (AvgIpc) is 3.52. The molecule has 3 aliphatic heterocycles. The van der Waals surface area contributed by atoms with Gasteiger partial charge in [0.15, 0.2) is 11.6 Å². The van der Waals surface area contributed by atoms with Gasteiger partial charge in [0.1, 0.15) is 11.3 Å². The molecule has 33 heavy (non-hydrogen) atoms. The molecule has 6 rings (SSSR count). The Bertz CT molecular complexity index is 1210. The fourth-order valence-electron chi connectivity index (χ4n) is 5.46. The lowest BCUT2D eigenvalue weighted by atomic mass is 9.98. The molecule has 0 unspecified atom stereocenters. The fourth-order valence-corrected chi connectivity index (χ4v) is 5.46. The molecule has 7 nitrogen and oxygen atoms in total. The molecule has 1 aromatic heterocycles. The van der Waals surface area contributed by atoms with Gasteiger partial charge in [-0.15, -0.1) is 0 Å². The maximum absolute atomic E-state index is 13.9. The topological polar surface area (TPSA) is 66.0 Å². The first-order chi connectivity index (χ1) is 15.5. The second-order valence-corrected chi connectivity index (χ2v) is 10.7. The predicted molar refractivity (Wildman–Crippen MR) is 121 cm³/mol. The third kappa shape index (κ3) is 2.96. The van der Waals surface area contributed by atoms with Crippen molar-refractivity contribution in [2.45, 2.75) is 50.4 Å². The zero-order valence-electron chi connectivity index (χ0n) is 19.3. The summed E-state index contributed by atoms with van der Waals surface area (Å²) < 4.78 is 20.1. The van der Waals surface area contributed by atoms with E-state index in [-0.39, 0.29) is 30.4 Å². The Morgan fingerprint density at radius 2 is 1.85 bits per heavy atom. The number of carbonyl (C=O) groups excluding carboxylic acids is 2. The maximum atomic E-state index is 13.9. The molecule has 1 spiro atoms. The van der Waals surface area contributed by atoms with Gasteiger partial charge in [-0.05, 0) is 63.4 Å². The minimum absolute atomic E-state index is 0.0772. The molecular weight excluding hydrogens is 423 g/mol. The van der Waals surface area contributed by atoms with Crippen molar-refractivity contribution in [1.82, 2.24) is 14.8 Å². The number of pyridine rings is 1. The smallest absolute Gasteiger partial charge is 0.255 e. The highest BCUT2D eigenvalue weighted by Crippen LogP contribution is 2.56. The van der Waals surface area contributed by atoms with Crippen molar-refractivity contribution in [1.29, 1.82) is 0 Å². The van der Waals surface area contributed by atoms with Crippen LogP contribution in [0.25, 0.3) is 0 Å². The molecular formula is C25H27FN4O3. The molecule has 0 N–H and O–H groups in total. The van der Waals surface area contributed by atoms with E-state index < -0.39 is 11.3 Å². The molecule has 172 valence electrons. The van der Waals surface area contributed by atoms with Crippen molar-refractivity contribution in [2.24, 2.45) is 0 Å². The molecule has 2 fully saturated rings. The molecule has 0 radical (unpaired) electrons. The number of anilines is 2. The van der Waals surface area contributed by atoms with Gasteiger partial charge in [-0.1, -0.05) is 0 Å². The van der Waals surface area contributed by atoms with E-state index >= 15 is 0 Å². The second-order valence-electron chi connectivity index (χ2n) is 10.7. The third-order valence-corrected chi connectivity index (χ3v) is 7.31. The number of hydrogen-bond donors (Lipinski definition) is 0. The molecule has 1 aliphatic carbocycles. The second kappa shape index (κ2) is 6.24. The predicted octanol–water partition coefficient (Wildman–Crippen LogP) is 3.65. The molecule has 8 heteroatoms. The number of alkyl halides is 1. The first kappa shape index (κ1) is 20.4. The zero-order chi connectivity index (χ0) is 23.3. The van der Waals surface area contributed by atoms with E-state index in [4.69, 9.17) is 4.74 Å². The molecule has 1 saturated carbocycles. The summed E-state index contributed by atoms with van der Waals surface area (Å²) in [5, 5.41) is 0. The van der Waals surface area contributed by atoms with Gasteiger partial charge in [0.05, 0.1) is 30.7 Å². The Morgan fingerprint density at radius 1 is 1.12 bits per heavy atom. The van der Waals surface area contributed by atoms with Gasteiger partial charge < -0.3 is 19.4 Å². The Hall–Kier alpha value is -3.16. The van der Waals surface area contributed by atoms with Crippen LogP contribution in [0.15, 0.2) is 30.5 Å². The standard InChI is InChI=1S/C25H27FN4O3/c1-23(2)12-30(16-5-6-17-18(10-16)25(7-8-25)28(4)22(17)32)20-19(33-23)9-15(11-27-20)21(31)29-13-24(3,26)14-29/h5-6,9-11H,7-8,12-14H2,1-4H3. The number of halogens is 1. The normalized spacial score (nSPS) is 23.1. The summed E-state index contributed by atoms with van der Waals surface area (Å²) in [5.41, 5.74) is 1.18. The Balaban J connectivity index is 1.37. The van der Waals surface area contributed by atoms with Gasteiger partial charge in [-0.3, -0.25) is 9.59 Å². The lowest BCUT2D eigenvalue weighted by molar-refractivity contribution is -0.00793. The number of rotatable bonds is 2. The number of ether oxygens (including phenoxy) is 1. The van der Waals surface area contributed by atoms with Gasteiger partial charge in [0.25, 0.3) is 11.8 Å². The van der Waals surface area contributed by atoms with E-state index in [1.54, 1.807) is 6.07 Å². The highest BCUT2D eigenvalue weighted by atomic mass is 19.1. The number of amides is 2. The molecule has 2 amide bonds. The first-order valence-electron chi connectivity index (χ1n) is 11.4. The summed E-state index contributed by atoms with van der Waals surface area (Å²) in [7, 11) is 1.88. The van der Waals surface area contributed by atoms with Crippen molar-refractivity contribution in [3.05, 3.63) is 47.2 Å². The van der Waals surface area contributed by atoms with Crippen LogP contribution in [0, 0.1) is 0 Å². The van der Waals surface area contributed by atoms with Gasteiger partial charge in [-0.2, -0.15) is 0 Å². The average molecular weight is 451 g/mol. The quantitative estimate of drug-likeness (QED) is 0.699. The Morgan fingerprint density at radius 3 is 2.52 bits per heavy atom. The van der Waals surface area contributed by atoms with E-state index in [9.17, 15) is 14.0 Å². The van der Waals surface area contributed by atoms with Crippen LogP contribution in [-0.2, 0) is 5.54 Å². The van der Waals surface area contributed by atoms with Crippen LogP contribution in [0.3, 0.4) is 0 Å². The van der Waals surface area contributed by atoms with E-state index in [0.717, 1.165) is 29.7 Å². The molecule has 4 heterocycles. The number of likely N-dealkylation sites (tertiary alicyclic amines) is 1. The Kier molecular flexibility index (Phi) is 3.87. The maximum Gasteiger partial charge on any atom is 0.255 e. The van der Waals surface area contributed by atoms with Crippen LogP contribution < -0.4 is 9.64 Å². The van der Waals surface area contributed by atoms with Gasteiger partial charge in [0, 0.05) is 24.5 Å². The van der Waals surface area contributed by atoms with Gasteiger partial charge >= 0.3 is 0 Å². The third-order valence-electron chi connectivity index (χ3n) is 7.31. The summed E-state index contributed by atoms with van der Waals surface area (Å²) in [4.78, 5) is 35.5. The van der Waals surface area contributed by atoms with E-state index in [0.29, 0.717) is 23.7 Å². The van der Waals surface area contributed by atoms with Crippen LogP contribution in [-0.4, -0.2) is 64.5 Å². The molecule has 0 atom stereocenters. The monoisotopic (exact) mass is 450 g/mol. The summed E-state index contributed by atoms with van der Waals surface area (Å²) in [6.07, 6.45) is 3.50. The van der Waals surface area contributed by atoms with Gasteiger partial charge in [-0.25, -0.2) is 9.37 Å². The van der Waals surface area contributed by atoms with Crippen molar-refractivity contribution in [3.8, 4) is 5.75 Å². The van der Waals surface area contributed by atoms with Crippen LogP contribution in [0.5, 0.6) is 5.75 Å². The summed E-state index contributed by atoms with van der Waals surface area (Å²) in [6.45, 7) is 6.24. The first-order valence-corrected chi connectivity index (χ1v) is 11.4. The van der Waals surface area contributed by atoms with Crippen molar-refractivity contribution >= 4 is 23.3 Å². The van der Waals surface area contributed by atoms with E-state index in [2.05, 4.69) is 16.0 Å². The highest BCUT2D eigenvalue weighted by molar-refractivity contribution is 6.01. The molecule has 1 aromatic carbocycles. The summed E-state index contributed by atoms with van der Waals surface area (Å²) >= 11 is 0. The number of aromatic nitrogens is 1. The Labute approximate surface area is 192 Å². The van der Waals surface area contributed by atoms with E-state index in [1.165, 1.54) is 18.0 Å². The molecule has 2 aromatic rings. The largest absolute Gasteiger partial charge is 0.482 e. The van der Waals surface area contributed by atoms with Crippen LogP contribution >= 0.6 is 0 Å². The SMILES string of the molecule is CN1C(=O)c2ccc(N3CC(C)(C)Oc4cc(C(=O)N5CC(C)(F)C5)cnc43)cc2C12CC2. The molecule has 1 saturated heterocycles. The van der Waals surface area contributed by atoms with Crippen molar-refractivity contribution < 1.29 is 18.7 Å². The zero-order valence-corrected chi connectivity index (χ0v) is 19.3. The minimum Gasteiger partial charge on any atom is -0.482 e.